The maximum Gasteiger partial charge on any atom is -0.147 e. The Kier molecular flexibility index (Phi) is 8.60. The molecule has 0 aliphatic heterocycles. The molecule has 0 saturated heterocycles. The van der Waals surface area contributed by atoms with Gasteiger partial charge in [-0.05, 0) is 0 Å². The number of benzene rings is 4. The fourth-order valence-electron chi connectivity index (χ4n) is 5.82. The number of fused-ring (bicyclic) bond motifs is 2. The van der Waals surface area contributed by atoms with Crippen molar-refractivity contribution in [3.8, 4) is 0 Å². The number of halogens is 2. The zero-order chi connectivity index (χ0) is 23.1. The second kappa shape index (κ2) is 11.5. The molecule has 2 unspecified atom stereocenters. The van der Waals surface area contributed by atoms with Crippen LogP contribution < -0.4 is 0 Å². The molecule has 36 heavy (non-hydrogen) atoms. The van der Waals surface area contributed by atoms with E-state index in [0.717, 1.165) is 0 Å². The smallest absolute Gasteiger partial charge is 0.147 e. The van der Waals surface area contributed by atoms with Gasteiger partial charge in [0, 0.05) is 0 Å². The molecule has 0 aromatic heterocycles. The molecule has 4 heteroatoms. The van der Waals surface area contributed by atoms with Crippen molar-refractivity contribution in [1.82, 2.24) is 0 Å². The molecule has 6 rings (SSSR count). The zero-order valence-electron chi connectivity index (χ0n) is 20.5. The summed E-state index contributed by atoms with van der Waals surface area (Å²) in [6.07, 6.45) is 4.48. The SMILES string of the molecule is C[Si](C)=[Ti]([CH]1C(c2ccccc2)=Cc2ccccc21)[CH]1C(c2ccccc2)=Cc2ccccc21.Cl.Cl. The topological polar surface area (TPSA) is 0 Å². The largest absolute Gasteiger partial charge is 0.147 e. The van der Waals surface area contributed by atoms with Gasteiger partial charge < -0.3 is 0 Å². The van der Waals surface area contributed by atoms with E-state index in [1.54, 1.807) is 22.3 Å². The van der Waals surface area contributed by atoms with Crippen LogP contribution in [0.4, 0.5) is 0 Å². The van der Waals surface area contributed by atoms with Crippen LogP contribution in [0.15, 0.2) is 109 Å². The van der Waals surface area contributed by atoms with E-state index in [1.165, 1.54) is 22.3 Å². The van der Waals surface area contributed by atoms with Gasteiger partial charge in [0.05, 0.1) is 0 Å². The van der Waals surface area contributed by atoms with E-state index in [2.05, 4.69) is 134 Å². The van der Waals surface area contributed by atoms with Crippen molar-refractivity contribution in [3.63, 3.8) is 0 Å². The predicted octanol–water partition coefficient (Wildman–Crippen LogP) is 9.29. The molecule has 0 radical (unpaired) electrons. The first kappa shape index (κ1) is 26.9. The van der Waals surface area contributed by atoms with Crippen molar-refractivity contribution >= 4 is 54.3 Å². The fourth-order valence-corrected chi connectivity index (χ4v) is 19.2. The average Bonchev–Trinajstić information content (AvgIpc) is 3.45. The van der Waals surface area contributed by atoms with Gasteiger partial charge in [0.25, 0.3) is 0 Å². The molecule has 0 bridgehead atoms. The molecule has 2 atom stereocenters. The van der Waals surface area contributed by atoms with Gasteiger partial charge in [0.1, 0.15) is 0 Å². The first-order valence-electron chi connectivity index (χ1n) is 12.1. The molecular weight excluding hydrogens is 531 g/mol. The molecule has 0 N–H and O–H groups in total. The second-order valence-corrected chi connectivity index (χ2v) is 21.8. The van der Waals surface area contributed by atoms with E-state index in [1.807, 2.05) is 0 Å². The first-order valence-corrected chi connectivity index (χ1v) is 18.8. The van der Waals surface area contributed by atoms with Crippen LogP contribution >= 0.6 is 24.8 Å². The van der Waals surface area contributed by atoms with Gasteiger partial charge in [-0.1, -0.05) is 0 Å². The summed E-state index contributed by atoms with van der Waals surface area (Å²) in [4.78, 5) is 0. The summed E-state index contributed by atoms with van der Waals surface area (Å²) >= 11 is -1.76. The summed E-state index contributed by atoms with van der Waals surface area (Å²) in [5.41, 5.74) is 11.9. The molecule has 2 aliphatic carbocycles. The number of rotatable bonds is 4. The predicted molar refractivity (Wildman–Crippen MR) is 159 cm³/mol. The van der Waals surface area contributed by atoms with Crippen LogP contribution in [-0.4, -0.2) is 6.19 Å². The molecular formula is C32H30Cl2SiTi. The van der Waals surface area contributed by atoms with E-state index < -0.39 is 22.8 Å². The molecule has 0 heterocycles. The van der Waals surface area contributed by atoms with Gasteiger partial charge in [-0.2, -0.15) is 0 Å². The summed E-state index contributed by atoms with van der Waals surface area (Å²) in [6.45, 7) is 5.18. The minimum absolute atomic E-state index is 0. The Hall–Kier alpha value is -2.13. The summed E-state index contributed by atoms with van der Waals surface area (Å²) in [5, 5.41) is 0. The van der Waals surface area contributed by atoms with E-state index in [9.17, 15) is 0 Å². The molecule has 0 nitrogen and oxygen atoms in total. The Bertz CT molecular complexity index is 1360. The van der Waals surface area contributed by atoms with Crippen molar-refractivity contribution in [2.24, 2.45) is 0 Å². The standard InChI is InChI=1S/2C15H11.C2H6Si.2ClH.Ti/c2*1-2-6-12(7-3-1)15-10-13-8-4-5-9-14(13)11-15;1-3-2;;;/h2*1-11H;1-2H3;2*1H;. The van der Waals surface area contributed by atoms with Gasteiger partial charge >= 0.3 is 210 Å². The Morgan fingerprint density at radius 2 is 0.861 bits per heavy atom. The van der Waals surface area contributed by atoms with Crippen LogP contribution in [0.5, 0.6) is 0 Å². The molecule has 180 valence electrons. The van der Waals surface area contributed by atoms with Gasteiger partial charge in [-0.3, -0.25) is 0 Å². The van der Waals surface area contributed by atoms with E-state index in [4.69, 9.17) is 0 Å². The van der Waals surface area contributed by atoms with E-state index in [-0.39, 0.29) is 24.8 Å². The van der Waals surface area contributed by atoms with Crippen molar-refractivity contribution in [2.45, 2.75) is 21.5 Å². The van der Waals surface area contributed by atoms with Crippen molar-refractivity contribution in [2.75, 3.05) is 0 Å². The maximum atomic E-state index is 2.59. The van der Waals surface area contributed by atoms with Crippen LogP contribution in [0.3, 0.4) is 0 Å². The molecule has 0 spiro atoms. The third-order valence-corrected chi connectivity index (χ3v) is 20.1. The van der Waals surface area contributed by atoms with Gasteiger partial charge in [-0.15, -0.1) is 24.8 Å². The zero-order valence-corrected chi connectivity index (χ0v) is 24.7. The number of allylic oxidation sites excluding steroid dienone is 2. The summed E-state index contributed by atoms with van der Waals surface area (Å²) < 4.78 is 1.12. The summed E-state index contributed by atoms with van der Waals surface area (Å²) in [7, 11) is 0. The molecule has 0 fully saturated rings. The van der Waals surface area contributed by atoms with Crippen LogP contribution in [-0.2, 0) is 16.6 Å². The fraction of sp³-hybridized carbons (Fsp3) is 0.125. The Morgan fingerprint density at radius 1 is 0.500 bits per heavy atom. The van der Waals surface area contributed by atoms with E-state index >= 15 is 0 Å². The van der Waals surface area contributed by atoms with Crippen molar-refractivity contribution in [3.05, 3.63) is 143 Å². The van der Waals surface area contributed by atoms with Crippen LogP contribution in [0.2, 0.25) is 13.1 Å². The van der Waals surface area contributed by atoms with Crippen molar-refractivity contribution in [1.29, 1.82) is 0 Å². The monoisotopic (exact) mass is 560 g/mol. The normalized spacial score (nSPS) is 17.1. The second-order valence-electron chi connectivity index (χ2n) is 9.51. The van der Waals surface area contributed by atoms with Gasteiger partial charge in [-0.25, -0.2) is 0 Å². The molecule has 0 saturated carbocycles. The average molecular weight is 561 g/mol. The maximum absolute atomic E-state index is 2.59. The van der Waals surface area contributed by atoms with Crippen LogP contribution in [0, 0.1) is 0 Å². The third-order valence-electron chi connectivity index (χ3n) is 7.27. The summed E-state index contributed by atoms with van der Waals surface area (Å²) in [6, 6.07) is 40.7. The molecule has 0 amide bonds. The Balaban J connectivity index is 0.00000152. The minimum atomic E-state index is -1.76. The first-order chi connectivity index (χ1) is 16.7. The van der Waals surface area contributed by atoms with Gasteiger partial charge in [0.2, 0.25) is 0 Å². The quantitative estimate of drug-likeness (QED) is 0.218. The summed E-state index contributed by atoms with van der Waals surface area (Å²) in [5.74, 6) is 0. The number of hydrogen-bond donors (Lipinski definition) is 0. The van der Waals surface area contributed by atoms with Gasteiger partial charge in [0.15, 0.2) is 0 Å². The Labute approximate surface area is 233 Å². The van der Waals surface area contributed by atoms with Crippen LogP contribution in [0.1, 0.15) is 41.8 Å². The van der Waals surface area contributed by atoms with E-state index in [0.29, 0.717) is 8.45 Å². The third kappa shape index (κ3) is 4.76. The van der Waals surface area contributed by atoms with Crippen molar-refractivity contribution < 1.29 is 16.6 Å². The number of hydrogen-bond acceptors (Lipinski definition) is 0. The minimum Gasteiger partial charge on any atom is -0.147 e. The molecule has 2 aliphatic rings. The molecule has 4 aromatic carbocycles. The van der Waals surface area contributed by atoms with Crippen LogP contribution in [0.25, 0.3) is 23.3 Å². The molecule has 4 aromatic rings. The Morgan fingerprint density at radius 3 is 1.25 bits per heavy atom.